The number of amides is 1. The van der Waals surface area contributed by atoms with Crippen molar-refractivity contribution >= 4 is 5.91 Å². The van der Waals surface area contributed by atoms with Crippen LogP contribution in [0.5, 0.6) is 5.75 Å². The van der Waals surface area contributed by atoms with Gasteiger partial charge in [-0.1, -0.05) is 0 Å². The maximum atomic E-state index is 12.8. The standard InChI is InChI=1S/C20H26N4O2/c1-22-13-9-21-19(22)15-26-18-6-4-16(5-7-18)20(25)24-12-8-17(14-24)23-10-2-3-11-23/h4-7,9,13,17H,2-3,8,10-12,14-15H2,1H3. The highest BCUT2D eigenvalue weighted by Crippen LogP contribution is 2.22. The minimum Gasteiger partial charge on any atom is -0.486 e. The van der Waals surface area contributed by atoms with Crippen molar-refractivity contribution in [2.75, 3.05) is 26.2 Å². The molecule has 2 fully saturated rings. The Morgan fingerprint density at radius 1 is 1.19 bits per heavy atom. The SMILES string of the molecule is Cn1ccnc1COc1ccc(C(=O)N2CCC(N3CCCC3)C2)cc1. The monoisotopic (exact) mass is 354 g/mol. The smallest absolute Gasteiger partial charge is 0.253 e. The number of benzene rings is 1. The molecule has 4 rings (SSSR count). The van der Waals surface area contributed by atoms with Crippen molar-refractivity contribution in [2.45, 2.75) is 31.9 Å². The van der Waals surface area contributed by atoms with Crippen molar-refractivity contribution in [1.29, 1.82) is 0 Å². The van der Waals surface area contributed by atoms with Crippen LogP contribution in [0.15, 0.2) is 36.7 Å². The summed E-state index contributed by atoms with van der Waals surface area (Å²) in [7, 11) is 1.94. The number of likely N-dealkylation sites (tertiary alicyclic amines) is 2. The van der Waals surface area contributed by atoms with E-state index in [-0.39, 0.29) is 5.91 Å². The Labute approximate surface area is 154 Å². The highest BCUT2D eigenvalue weighted by Gasteiger charge is 2.31. The Bertz CT molecular complexity index is 749. The summed E-state index contributed by atoms with van der Waals surface area (Å²) in [5.74, 6) is 1.75. The van der Waals surface area contributed by atoms with E-state index in [1.165, 1.54) is 25.9 Å². The van der Waals surface area contributed by atoms with Crippen LogP contribution in [0.2, 0.25) is 0 Å². The van der Waals surface area contributed by atoms with Gasteiger partial charge in [-0.15, -0.1) is 0 Å². The molecule has 3 heterocycles. The Kier molecular flexibility index (Phi) is 4.93. The van der Waals surface area contributed by atoms with Gasteiger partial charge in [0.05, 0.1) is 0 Å². The molecule has 26 heavy (non-hydrogen) atoms. The van der Waals surface area contributed by atoms with E-state index in [1.54, 1.807) is 6.20 Å². The molecule has 1 unspecified atom stereocenters. The molecule has 6 heteroatoms. The number of rotatable bonds is 5. The Morgan fingerprint density at radius 3 is 2.65 bits per heavy atom. The van der Waals surface area contributed by atoms with E-state index in [0.29, 0.717) is 12.6 Å². The predicted molar refractivity (Wildman–Crippen MR) is 99.1 cm³/mol. The van der Waals surface area contributed by atoms with Gasteiger partial charge in [0.1, 0.15) is 18.2 Å². The third kappa shape index (κ3) is 3.60. The average Bonchev–Trinajstić information content (AvgIpc) is 3.41. The highest BCUT2D eigenvalue weighted by molar-refractivity contribution is 5.94. The third-order valence-corrected chi connectivity index (χ3v) is 5.50. The lowest BCUT2D eigenvalue weighted by molar-refractivity contribution is 0.0780. The Hall–Kier alpha value is -2.34. The molecule has 0 saturated carbocycles. The summed E-state index contributed by atoms with van der Waals surface area (Å²) in [6.07, 6.45) is 7.34. The predicted octanol–water partition coefficient (Wildman–Crippen LogP) is 2.31. The maximum Gasteiger partial charge on any atom is 0.253 e. The highest BCUT2D eigenvalue weighted by atomic mass is 16.5. The molecule has 2 aliphatic heterocycles. The first kappa shape index (κ1) is 17.1. The van der Waals surface area contributed by atoms with Crippen LogP contribution in [0, 0.1) is 0 Å². The molecule has 0 N–H and O–H groups in total. The average molecular weight is 354 g/mol. The van der Waals surface area contributed by atoms with Crippen molar-refractivity contribution in [3.05, 3.63) is 48.0 Å². The van der Waals surface area contributed by atoms with Crippen LogP contribution in [-0.2, 0) is 13.7 Å². The molecule has 0 bridgehead atoms. The lowest BCUT2D eigenvalue weighted by Gasteiger charge is -2.23. The van der Waals surface area contributed by atoms with Crippen LogP contribution in [0.3, 0.4) is 0 Å². The Balaban J connectivity index is 1.33. The molecular weight excluding hydrogens is 328 g/mol. The van der Waals surface area contributed by atoms with Gasteiger partial charge >= 0.3 is 0 Å². The zero-order chi connectivity index (χ0) is 17.9. The van der Waals surface area contributed by atoms with Crippen molar-refractivity contribution in [3.8, 4) is 5.75 Å². The fourth-order valence-electron chi connectivity index (χ4n) is 3.89. The van der Waals surface area contributed by atoms with Gasteiger partial charge < -0.3 is 14.2 Å². The van der Waals surface area contributed by atoms with E-state index in [1.807, 2.05) is 47.0 Å². The quantitative estimate of drug-likeness (QED) is 0.827. The van der Waals surface area contributed by atoms with Gasteiger partial charge in [0, 0.05) is 44.1 Å². The second-order valence-corrected chi connectivity index (χ2v) is 7.20. The first-order valence-electron chi connectivity index (χ1n) is 9.43. The van der Waals surface area contributed by atoms with Gasteiger partial charge in [-0.3, -0.25) is 9.69 Å². The van der Waals surface area contributed by atoms with Crippen molar-refractivity contribution in [3.63, 3.8) is 0 Å². The lowest BCUT2D eigenvalue weighted by Crippen LogP contribution is -2.37. The summed E-state index contributed by atoms with van der Waals surface area (Å²) in [6.45, 7) is 4.51. The largest absolute Gasteiger partial charge is 0.486 e. The normalized spacial score (nSPS) is 20.7. The lowest BCUT2D eigenvalue weighted by atomic mass is 10.2. The molecule has 6 nitrogen and oxygen atoms in total. The number of hydrogen-bond acceptors (Lipinski definition) is 4. The minimum atomic E-state index is 0.127. The molecule has 2 saturated heterocycles. The van der Waals surface area contributed by atoms with Gasteiger partial charge in [0.15, 0.2) is 0 Å². The number of aromatic nitrogens is 2. The number of imidazole rings is 1. The summed E-state index contributed by atoms with van der Waals surface area (Å²) >= 11 is 0. The molecule has 1 aromatic heterocycles. The number of hydrogen-bond donors (Lipinski definition) is 0. The van der Waals surface area contributed by atoms with Crippen molar-refractivity contribution < 1.29 is 9.53 Å². The fraction of sp³-hybridized carbons (Fsp3) is 0.500. The van der Waals surface area contributed by atoms with Crippen LogP contribution in [0.4, 0.5) is 0 Å². The van der Waals surface area contributed by atoms with E-state index in [2.05, 4.69) is 9.88 Å². The van der Waals surface area contributed by atoms with E-state index < -0.39 is 0 Å². The molecule has 2 aliphatic rings. The first-order chi connectivity index (χ1) is 12.7. The van der Waals surface area contributed by atoms with Gasteiger partial charge in [0.25, 0.3) is 5.91 Å². The molecule has 2 aromatic rings. The van der Waals surface area contributed by atoms with Crippen molar-refractivity contribution in [1.82, 2.24) is 19.4 Å². The number of carbonyl (C=O) groups excluding carboxylic acids is 1. The van der Waals surface area contributed by atoms with E-state index in [9.17, 15) is 4.79 Å². The summed E-state index contributed by atoms with van der Waals surface area (Å²) in [5.41, 5.74) is 0.733. The Morgan fingerprint density at radius 2 is 1.96 bits per heavy atom. The number of ether oxygens (including phenoxy) is 1. The third-order valence-electron chi connectivity index (χ3n) is 5.50. The first-order valence-corrected chi connectivity index (χ1v) is 9.43. The molecular formula is C20H26N4O2. The van der Waals surface area contributed by atoms with Crippen LogP contribution in [0.1, 0.15) is 35.4 Å². The number of nitrogens with zero attached hydrogens (tertiary/aromatic N) is 4. The van der Waals surface area contributed by atoms with E-state index in [4.69, 9.17) is 4.74 Å². The van der Waals surface area contributed by atoms with Gasteiger partial charge in [-0.05, 0) is 56.6 Å². The molecule has 1 aromatic carbocycles. The van der Waals surface area contributed by atoms with Crippen LogP contribution < -0.4 is 4.74 Å². The van der Waals surface area contributed by atoms with Gasteiger partial charge in [0.2, 0.25) is 0 Å². The van der Waals surface area contributed by atoms with Crippen LogP contribution >= 0.6 is 0 Å². The fourth-order valence-corrected chi connectivity index (χ4v) is 3.89. The topological polar surface area (TPSA) is 50.6 Å². The number of carbonyl (C=O) groups is 1. The van der Waals surface area contributed by atoms with Gasteiger partial charge in [-0.25, -0.2) is 4.98 Å². The summed E-state index contributed by atoms with van der Waals surface area (Å²) in [6, 6.07) is 7.99. The summed E-state index contributed by atoms with van der Waals surface area (Å²) in [4.78, 5) is 21.5. The van der Waals surface area contributed by atoms with E-state index >= 15 is 0 Å². The maximum absolute atomic E-state index is 12.8. The van der Waals surface area contributed by atoms with E-state index in [0.717, 1.165) is 36.6 Å². The van der Waals surface area contributed by atoms with Crippen molar-refractivity contribution in [2.24, 2.45) is 7.05 Å². The number of aryl methyl sites for hydroxylation is 1. The van der Waals surface area contributed by atoms with Gasteiger partial charge in [-0.2, -0.15) is 0 Å². The van der Waals surface area contributed by atoms with Crippen LogP contribution in [-0.4, -0.2) is 57.5 Å². The molecule has 0 radical (unpaired) electrons. The summed E-state index contributed by atoms with van der Waals surface area (Å²) in [5, 5.41) is 0. The zero-order valence-electron chi connectivity index (χ0n) is 15.3. The molecule has 1 amide bonds. The molecule has 138 valence electrons. The molecule has 1 atom stereocenters. The summed E-state index contributed by atoms with van der Waals surface area (Å²) < 4.78 is 7.69. The molecule has 0 spiro atoms. The minimum absolute atomic E-state index is 0.127. The van der Waals surface area contributed by atoms with Crippen LogP contribution in [0.25, 0.3) is 0 Å². The second kappa shape index (κ2) is 7.50. The zero-order valence-corrected chi connectivity index (χ0v) is 15.3. The molecule has 0 aliphatic carbocycles. The second-order valence-electron chi connectivity index (χ2n) is 7.20.